The van der Waals surface area contributed by atoms with E-state index in [1.807, 2.05) is 19.1 Å². The van der Waals surface area contributed by atoms with Crippen molar-refractivity contribution in [3.63, 3.8) is 0 Å². The molecule has 2 heterocycles. The van der Waals surface area contributed by atoms with Crippen molar-refractivity contribution in [1.29, 1.82) is 0 Å². The number of methoxy groups -OCH3 is 1. The van der Waals surface area contributed by atoms with E-state index in [1.54, 1.807) is 109 Å². The molecule has 0 aliphatic carbocycles. The largest absolute Gasteiger partial charge is 0.508 e. The number of aliphatic hydroxyl groups is 2. The van der Waals surface area contributed by atoms with Gasteiger partial charge in [0.15, 0.2) is 0 Å². The van der Waals surface area contributed by atoms with Crippen molar-refractivity contribution >= 4 is 14.0 Å². The van der Waals surface area contributed by atoms with Gasteiger partial charge in [-0.15, -0.1) is 9.05 Å². The lowest BCUT2D eigenvalue weighted by molar-refractivity contribution is -0.109. The summed E-state index contributed by atoms with van der Waals surface area (Å²) >= 11 is 0. The van der Waals surface area contributed by atoms with Gasteiger partial charge in [-0.25, -0.2) is 4.79 Å². The Kier molecular flexibility index (Phi) is 11.3. The molecule has 4 N–H and O–H groups in total. The minimum atomic E-state index is -2.54. The first-order valence-electron chi connectivity index (χ1n) is 16.8. The number of rotatable bonds is 13. The number of carbonyl (C=O) groups is 1. The predicted octanol–water partition coefficient (Wildman–Crippen LogP) is 6.15. The first kappa shape index (κ1) is 36.4. The Hall–Kier alpha value is -4.42. The number of phenols is 2. The SMILES string of the molecule is CCO[P+]1(COc2ccc(C[C@@H]3[C@H](O)[C@@H](O)C(c4ccc(OC)cc4)N(Cc4ccc(O)cc4)C(=O)N3Cc3ccc(O)cc3)cc2)OC(C)O1. The van der Waals surface area contributed by atoms with Crippen LogP contribution in [-0.2, 0) is 33.1 Å². The summed E-state index contributed by atoms with van der Waals surface area (Å²) in [5.41, 5.74) is 2.86. The number of phenolic OH excluding ortho intramolecular Hbond substituents is 2. The monoisotopic (exact) mass is 719 g/mol. The topological polar surface area (TPSA) is 151 Å². The zero-order valence-corrected chi connectivity index (χ0v) is 29.6. The summed E-state index contributed by atoms with van der Waals surface area (Å²) in [5.74, 6) is 1.35. The quantitative estimate of drug-likeness (QED) is 0.119. The highest BCUT2D eigenvalue weighted by molar-refractivity contribution is 7.62. The van der Waals surface area contributed by atoms with Gasteiger partial charge in [-0.1, -0.05) is 48.5 Å². The molecule has 12 nitrogen and oxygen atoms in total. The summed E-state index contributed by atoms with van der Waals surface area (Å²) in [7, 11) is -0.984. The molecule has 13 heteroatoms. The molecule has 2 aliphatic rings. The van der Waals surface area contributed by atoms with E-state index in [0.717, 1.165) is 16.7 Å². The van der Waals surface area contributed by atoms with Gasteiger partial charge in [-0.05, 0) is 91.1 Å². The smallest absolute Gasteiger partial charge is 0.457 e. The molecule has 0 aromatic heterocycles. The van der Waals surface area contributed by atoms with Gasteiger partial charge in [0.1, 0.15) is 35.2 Å². The number of nitrogens with zero attached hydrogens (tertiary/aromatic N) is 2. The molecule has 2 amide bonds. The summed E-state index contributed by atoms with van der Waals surface area (Å²) in [6.45, 7) is 4.28. The third-order valence-electron chi connectivity index (χ3n) is 9.03. The van der Waals surface area contributed by atoms with Crippen LogP contribution in [0.1, 0.15) is 42.1 Å². The fourth-order valence-corrected chi connectivity index (χ4v) is 8.44. The second kappa shape index (κ2) is 15.9. The lowest BCUT2D eigenvalue weighted by Crippen LogP contribution is -2.50. The van der Waals surface area contributed by atoms with E-state index in [2.05, 4.69) is 0 Å². The van der Waals surface area contributed by atoms with Crippen LogP contribution in [0.15, 0.2) is 97.1 Å². The zero-order chi connectivity index (χ0) is 36.1. The van der Waals surface area contributed by atoms with Crippen LogP contribution < -0.4 is 9.47 Å². The maximum atomic E-state index is 14.9. The molecule has 51 heavy (non-hydrogen) atoms. The van der Waals surface area contributed by atoms with Crippen LogP contribution >= 0.6 is 7.94 Å². The first-order chi connectivity index (χ1) is 24.6. The first-order valence-corrected chi connectivity index (χ1v) is 18.5. The fourth-order valence-electron chi connectivity index (χ4n) is 6.50. The molecule has 4 aromatic rings. The van der Waals surface area contributed by atoms with Gasteiger partial charge in [0.05, 0.1) is 25.8 Å². The molecule has 2 aliphatic heterocycles. The number of benzene rings is 4. The minimum absolute atomic E-state index is 0.0858. The summed E-state index contributed by atoms with van der Waals surface area (Å²) in [6, 6.07) is 25.2. The lowest BCUT2D eigenvalue weighted by Gasteiger charge is -2.36. The number of urea groups is 1. The van der Waals surface area contributed by atoms with Crippen molar-refractivity contribution in [2.75, 3.05) is 20.1 Å². The van der Waals surface area contributed by atoms with Crippen LogP contribution in [0.2, 0.25) is 0 Å². The van der Waals surface area contributed by atoms with E-state index in [4.69, 9.17) is 23.0 Å². The van der Waals surface area contributed by atoms with Crippen molar-refractivity contribution < 1.29 is 48.3 Å². The van der Waals surface area contributed by atoms with Gasteiger partial charge < -0.3 is 39.7 Å². The molecular weight excluding hydrogens is 675 g/mol. The van der Waals surface area contributed by atoms with Crippen LogP contribution in [0.5, 0.6) is 23.0 Å². The highest BCUT2D eigenvalue weighted by Crippen LogP contribution is 2.70. The highest BCUT2D eigenvalue weighted by atomic mass is 31.2. The lowest BCUT2D eigenvalue weighted by atomic mass is 9.90. The van der Waals surface area contributed by atoms with Crippen molar-refractivity contribution in [3.8, 4) is 23.0 Å². The van der Waals surface area contributed by atoms with Gasteiger partial charge in [0.25, 0.3) is 12.6 Å². The molecule has 1 unspecified atom stereocenters. The summed E-state index contributed by atoms with van der Waals surface area (Å²) in [5, 5.41) is 44.0. The third-order valence-corrected chi connectivity index (χ3v) is 11.4. The van der Waals surface area contributed by atoms with Crippen LogP contribution in [0.4, 0.5) is 4.79 Å². The Morgan fingerprint density at radius 2 is 1.25 bits per heavy atom. The number of hydrogen-bond acceptors (Lipinski definition) is 10. The Bertz CT molecular complexity index is 1730. The molecule has 0 radical (unpaired) electrons. The van der Waals surface area contributed by atoms with Gasteiger partial charge >= 0.3 is 14.0 Å². The molecule has 4 aromatic carbocycles. The molecule has 4 atom stereocenters. The molecule has 2 fully saturated rings. The molecule has 270 valence electrons. The maximum absolute atomic E-state index is 14.9. The number of hydrogen-bond donors (Lipinski definition) is 4. The molecule has 6 rings (SSSR count). The number of aliphatic hydroxyl groups excluding tert-OH is 2. The van der Waals surface area contributed by atoms with E-state index >= 15 is 0 Å². The van der Waals surface area contributed by atoms with Crippen LogP contribution in [0.25, 0.3) is 0 Å². The molecule has 0 bridgehead atoms. The van der Waals surface area contributed by atoms with Crippen molar-refractivity contribution in [2.45, 2.75) is 63.9 Å². The van der Waals surface area contributed by atoms with Crippen LogP contribution in [0, 0.1) is 0 Å². The van der Waals surface area contributed by atoms with Gasteiger partial charge in [-0.2, -0.15) is 4.52 Å². The normalized spacial score (nSPS) is 24.9. The summed E-state index contributed by atoms with van der Waals surface area (Å²) < 4.78 is 28.5. The number of aromatic hydroxyl groups is 2. The number of ether oxygens (including phenoxy) is 2. The van der Waals surface area contributed by atoms with E-state index in [9.17, 15) is 25.2 Å². The average Bonchev–Trinajstić information content (AvgIpc) is 3.19. The van der Waals surface area contributed by atoms with E-state index in [0.29, 0.717) is 23.7 Å². The molecular formula is C38H44N2O10P+. The minimum Gasteiger partial charge on any atom is -0.508 e. The summed E-state index contributed by atoms with van der Waals surface area (Å²) in [6.07, 6.45) is -2.75. The maximum Gasteiger partial charge on any atom is 0.457 e. The van der Waals surface area contributed by atoms with E-state index < -0.39 is 38.3 Å². The number of carbonyl (C=O) groups excluding carboxylic acids is 1. The Labute approximate surface area is 297 Å². The molecule has 0 spiro atoms. The van der Waals surface area contributed by atoms with Crippen LogP contribution in [0.3, 0.4) is 0 Å². The second-order valence-electron chi connectivity index (χ2n) is 12.6. The van der Waals surface area contributed by atoms with Gasteiger partial charge in [0.2, 0.25) is 0 Å². The predicted molar refractivity (Wildman–Crippen MR) is 190 cm³/mol. The van der Waals surface area contributed by atoms with Gasteiger partial charge in [-0.3, -0.25) is 0 Å². The zero-order valence-electron chi connectivity index (χ0n) is 28.7. The fraction of sp³-hybridized carbons (Fsp3) is 0.342. The van der Waals surface area contributed by atoms with E-state index in [-0.39, 0.29) is 43.6 Å². The highest BCUT2D eigenvalue weighted by Gasteiger charge is 2.60. The van der Waals surface area contributed by atoms with E-state index in [1.165, 1.54) is 0 Å². The molecule has 0 saturated carbocycles. The van der Waals surface area contributed by atoms with Crippen LogP contribution in [-0.4, -0.2) is 80.9 Å². The summed E-state index contributed by atoms with van der Waals surface area (Å²) in [4.78, 5) is 18.0. The Balaban J connectivity index is 1.33. The van der Waals surface area contributed by atoms with Gasteiger partial charge in [0, 0.05) is 13.1 Å². The number of amides is 2. The third kappa shape index (κ3) is 8.39. The molecule has 2 saturated heterocycles. The van der Waals surface area contributed by atoms with Crippen molar-refractivity contribution in [3.05, 3.63) is 119 Å². The van der Waals surface area contributed by atoms with Crippen molar-refractivity contribution in [1.82, 2.24) is 9.80 Å². The Morgan fingerprint density at radius 3 is 1.78 bits per heavy atom. The van der Waals surface area contributed by atoms with Crippen molar-refractivity contribution in [2.24, 2.45) is 0 Å². The second-order valence-corrected chi connectivity index (χ2v) is 14.7. The Morgan fingerprint density at radius 1 is 0.725 bits per heavy atom. The standard InChI is InChI=1S/C38H43N2O10P/c1-4-48-51(49-25(2)50-51)24-47-33-17-9-26(10-18-33)21-34-36(43)37(44)35(29-11-19-32(46-3)20-12-29)40(23-28-7-15-31(42)16-8-28)38(45)39(34)22-27-5-13-30(41)14-6-27/h5-20,25,34-37,43-44H,4,21-24H2,1-3H3,(H-,41,42)/p+1/t25?,34-,35?,36+,37+,51?/m1/s1. The average molecular weight is 720 g/mol.